The Balaban J connectivity index is 2.04. The zero-order valence-corrected chi connectivity index (χ0v) is 14.6. The number of hydrogen-bond acceptors (Lipinski definition) is 4. The van der Waals surface area contributed by atoms with Gasteiger partial charge in [0, 0.05) is 23.0 Å². The minimum Gasteiger partial charge on any atom is -0.480 e. The standard InChI is InChI=1S/C17H15BrN2O5/c18-13-5-1-3-11(7-13)9-15(17(22)23)19-16(21)10-12-4-2-6-14(8-12)20(24)25/h1-8,15H,9-10H2,(H,19,21)(H,22,23)/t15-/m1/s1. The Labute approximate surface area is 152 Å². The quantitative estimate of drug-likeness (QED) is 0.542. The summed E-state index contributed by atoms with van der Waals surface area (Å²) in [5, 5.41) is 22.5. The summed E-state index contributed by atoms with van der Waals surface area (Å²) in [6.45, 7) is 0. The lowest BCUT2D eigenvalue weighted by molar-refractivity contribution is -0.384. The molecule has 0 heterocycles. The average Bonchev–Trinajstić information content (AvgIpc) is 2.54. The van der Waals surface area contributed by atoms with Gasteiger partial charge in [0.25, 0.3) is 5.69 Å². The van der Waals surface area contributed by atoms with Gasteiger partial charge in [0.05, 0.1) is 11.3 Å². The number of benzene rings is 2. The molecule has 1 amide bonds. The highest BCUT2D eigenvalue weighted by Crippen LogP contribution is 2.15. The fourth-order valence-electron chi connectivity index (χ4n) is 2.31. The Kier molecular flexibility index (Phi) is 6.24. The van der Waals surface area contributed by atoms with Gasteiger partial charge in [0.15, 0.2) is 0 Å². The molecule has 2 aromatic rings. The van der Waals surface area contributed by atoms with E-state index in [-0.39, 0.29) is 18.5 Å². The van der Waals surface area contributed by atoms with Crippen molar-refractivity contribution in [3.05, 3.63) is 74.2 Å². The van der Waals surface area contributed by atoms with Gasteiger partial charge in [-0.05, 0) is 23.3 Å². The lowest BCUT2D eigenvalue weighted by Crippen LogP contribution is -2.43. The van der Waals surface area contributed by atoms with Crippen LogP contribution in [0.4, 0.5) is 5.69 Å². The molecule has 0 unspecified atom stereocenters. The molecule has 0 aliphatic carbocycles. The number of nitrogens with one attached hydrogen (secondary N) is 1. The highest BCUT2D eigenvalue weighted by Gasteiger charge is 2.21. The van der Waals surface area contributed by atoms with Crippen LogP contribution in [-0.4, -0.2) is 27.9 Å². The van der Waals surface area contributed by atoms with Crippen molar-refractivity contribution in [1.29, 1.82) is 0 Å². The molecule has 0 aliphatic heterocycles. The molecule has 0 aromatic heterocycles. The van der Waals surface area contributed by atoms with Gasteiger partial charge in [-0.3, -0.25) is 14.9 Å². The van der Waals surface area contributed by atoms with Gasteiger partial charge in [0.1, 0.15) is 6.04 Å². The van der Waals surface area contributed by atoms with Gasteiger partial charge in [-0.25, -0.2) is 4.79 Å². The molecule has 0 aliphatic rings. The summed E-state index contributed by atoms with van der Waals surface area (Å²) < 4.78 is 0.817. The summed E-state index contributed by atoms with van der Waals surface area (Å²) in [7, 11) is 0. The highest BCUT2D eigenvalue weighted by atomic mass is 79.9. The molecule has 0 saturated heterocycles. The van der Waals surface area contributed by atoms with E-state index in [1.165, 1.54) is 18.2 Å². The summed E-state index contributed by atoms with van der Waals surface area (Å²) in [5.41, 5.74) is 1.09. The van der Waals surface area contributed by atoms with Crippen LogP contribution in [-0.2, 0) is 22.4 Å². The first kappa shape index (κ1) is 18.6. The van der Waals surface area contributed by atoms with E-state index >= 15 is 0 Å². The summed E-state index contributed by atoms with van der Waals surface area (Å²) in [4.78, 5) is 33.7. The third kappa shape index (κ3) is 5.68. The molecule has 130 valence electrons. The van der Waals surface area contributed by atoms with Gasteiger partial charge in [0.2, 0.25) is 5.91 Å². The maximum absolute atomic E-state index is 12.1. The number of amides is 1. The summed E-state index contributed by atoms with van der Waals surface area (Å²) in [6, 6.07) is 11.8. The Morgan fingerprint density at radius 3 is 2.48 bits per heavy atom. The lowest BCUT2D eigenvalue weighted by atomic mass is 10.1. The largest absolute Gasteiger partial charge is 0.480 e. The molecule has 2 N–H and O–H groups in total. The van der Waals surface area contributed by atoms with Crippen LogP contribution in [0.25, 0.3) is 0 Å². The molecule has 0 saturated carbocycles. The van der Waals surface area contributed by atoms with Crippen molar-refractivity contribution in [3.63, 3.8) is 0 Å². The Bertz CT molecular complexity index is 809. The maximum atomic E-state index is 12.1. The number of halogens is 1. The van der Waals surface area contributed by atoms with Crippen molar-refractivity contribution in [1.82, 2.24) is 5.32 Å². The second-order valence-electron chi connectivity index (χ2n) is 5.40. The minimum absolute atomic E-state index is 0.116. The van der Waals surface area contributed by atoms with E-state index in [1.54, 1.807) is 24.3 Å². The molecular formula is C17H15BrN2O5. The van der Waals surface area contributed by atoms with E-state index in [0.29, 0.717) is 5.56 Å². The molecule has 8 heteroatoms. The Morgan fingerprint density at radius 1 is 1.16 bits per heavy atom. The Hall–Kier alpha value is -2.74. The lowest BCUT2D eigenvalue weighted by Gasteiger charge is -2.15. The van der Waals surface area contributed by atoms with Crippen LogP contribution >= 0.6 is 15.9 Å². The van der Waals surface area contributed by atoms with Crippen molar-refractivity contribution in [2.45, 2.75) is 18.9 Å². The molecule has 1 atom stereocenters. The average molecular weight is 407 g/mol. The monoisotopic (exact) mass is 406 g/mol. The van der Waals surface area contributed by atoms with E-state index in [4.69, 9.17) is 0 Å². The van der Waals surface area contributed by atoms with Gasteiger partial charge < -0.3 is 10.4 Å². The first-order valence-electron chi connectivity index (χ1n) is 7.35. The number of nitro benzene ring substituents is 1. The summed E-state index contributed by atoms with van der Waals surface area (Å²) in [6.07, 6.45) is -0.000600. The van der Waals surface area contributed by atoms with E-state index < -0.39 is 22.8 Å². The molecule has 0 spiro atoms. The van der Waals surface area contributed by atoms with Crippen LogP contribution in [0.5, 0.6) is 0 Å². The SMILES string of the molecule is O=C(Cc1cccc([N+](=O)[O-])c1)N[C@H](Cc1cccc(Br)c1)C(=O)O. The number of carboxylic acids is 1. The van der Waals surface area contributed by atoms with Gasteiger partial charge in [-0.15, -0.1) is 0 Å². The van der Waals surface area contributed by atoms with Crippen molar-refractivity contribution in [2.75, 3.05) is 0 Å². The summed E-state index contributed by atoms with van der Waals surface area (Å²) >= 11 is 3.31. The zero-order chi connectivity index (χ0) is 18.4. The number of carboxylic acid groups (broad SMARTS) is 1. The predicted octanol–water partition coefficient (Wildman–Crippen LogP) is 2.71. The second-order valence-corrected chi connectivity index (χ2v) is 6.31. The molecule has 25 heavy (non-hydrogen) atoms. The van der Waals surface area contributed by atoms with Crippen LogP contribution in [0.3, 0.4) is 0 Å². The van der Waals surface area contributed by atoms with E-state index in [1.807, 2.05) is 6.07 Å². The smallest absolute Gasteiger partial charge is 0.326 e. The third-order valence-electron chi connectivity index (χ3n) is 3.45. The van der Waals surface area contributed by atoms with Crippen molar-refractivity contribution >= 4 is 33.5 Å². The number of rotatable bonds is 7. The van der Waals surface area contributed by atoms with Gasteiger partial charge in [-0.2, -0.15) is 0 Å². The van der Waals surface area contributed by atoms with E-state index in [9.17, 15) is 24.8 Å². The number of carbonyl (C=O) groups excluding carboxylic acids is 1. The Morgan fingerprint density at radius 2 is 1.84 bits per heavy atom. The van der Waals surface area contributed by atoms with E-state index in [0.717, 1.165) is 10.0 Å². The topological polar surface area (TPSA) is 110 Å². The van der Waals surface area contributed by atoms with Crippen molar-refractivity contribution < 1.29 is 19.6 Å². The van der Waals surface area contributed by atoms with Crippen molar-refractivity contribution in [3.8, 4) is 0 Å². The zero-order valence-electron chi connectivity index (χ0n) is 13.0. The third-order valence-corrected chi connectivity index (χ3v) is 3.94. The van der Waals surface area contributed by atoms with Crippen LogP contribution < -0.4 is 5.32 Å². The molecular weight excluding hydrogens is 392 g/mol. The molecule has 2 rings (SSSR count). The first-order valence-corrected chi connectivity index (χ1v) is 8.14. The van der Waals surface area contributed by atoms with E-state index in [2.05, 4.69) is 21.2 Å². The number of carbonyl (C=O) groups is 2. The molecule has 0 bridgehead atoms. The van der Waals surface area contributed by atoms with Crippen LogP contribution in [0.1, 0.15) is 11.1 Å². The molecule has 7 nitrogen and oxygen atoms in total. The van der Waals surface area contributed by atoms with Crippen molar-refractivity contribution in [2.24, 2.45) is 0 Å². The van der Waals surface area contributed by atoms with Crippen LogP contribution in [0.15, 0.2) is 53.0 Å². The second kappa shape index (κ2) is 8.39. The summed E-state index contributed by atoms with van der Waals surface area (Å²) in [5.74, 6) is -1.66. The number of non-ortho nitro benzene ring substituents is 1. The highest BCUT2D eigenvalue weighted by molar-refractivity contribution is 9.10. The fraction of sp³-hybridized carbons (Fsp3) is 0.176. The molecule has 0 fully saturated rings. The number of nitro groups is 1. The molecule has 0 radical (unpaired) electrons. The fourth-order valence-corrected chi connectivity index (χ4v) is 2.76. The minimum atomic E-state index is -1.15. The van der Waals surface area contributed by atoms with Crippen LogP contribution in [0, 0.1) is 10.1 Å². The normalized spacial score (nSPS) is 11.6. The maximum Gasteiger partial charge on any atom is 0.326 e. The van der Waals surface area contributed by atoms with Gasteiger partial charge in [-0.1, -0.05) is 40.2 Å². The van der Waals surface area contributed by atoms with Gasteiger partial charge >= 0.3 is 5.97 Å². The number of hydrogen-bond donors (Lipinski definition) is 2. The predicted molar refractivity (Wildman–Crippen MR) is 94.2 cm³/mol. The first-order chi connectivity index (χ1) is 11.8. The van der Waals surface area contributed by atoms with Crippen LogP contribution in [0.2, 0.25) is 0 Å². The molecule has 2 aromatic carbocycles. The number of nitrogens with zero attached hydrogens (tertiary/aromatic N) is 1. The number of aliphatic carboxylic acids is 1.